The number of halogens is 2. The number of pyridine rings is 1. The summed E-state index contributed by atoms with van der Waals surface area (Å²) in [7, 11) is 0. The van der Waals surface area contributed by atoms with Gasteiger partial charge >= 0.3 is 0 Å². The average molecular weight is 404 g/mol. The van der Waals surface area contributed by atoms with Gasteiger partial charge < -0.3 is 10.6 Å². The lowest BCUT2D eigenvalue weighted by molar-refractivity contribution is 0.0417. The van der Waals surface area contributed by atoms with Crippen LogP contribution in [0.3, 0.4) is 0 Å². The molecular weight excluding hydrogens is 385 g/mol. The second-order valence-electron chi connectivity index (χ2n) is 6.87. The van der Waals surface area contributed by atoms with Crippen molar-refractivity contribution in [2.45, 2.75) is 25.6 Å². The van der Waals surface area contributed by atoms with Gasteiger partial charge in [-0.25, -0.2) is 9.98 Å². The number of hydrogen-bond donors (Lipinski definition) is 1. The number of aromatic nitrogens is 2. The van der Waals surface area contributed by atoms with Crippen LogP contribution in [-0.4, -0.2) is 44.9 Å². The van der Waals surface area contributed by atoms with Crippen LogP contribution in [0.5, 0.6) is 0 Å². The van der Waals surface area contributed by atoms with Crippen LogP contribution < -0.4 is 10.6 Å². The third kappa shape index (κ3) is 2.73. The molecule has 2 aromatic heterocycles. The van der Waals surface area contributed by atoms with Gasteiger partial charge in [0.2, 0.25) is 0 Å². The molecule has 1 saturated heterocycles. The Balaban J connectivity index is 1.59. The van der Waals surface area contributed by atoms with E-state index in [0.29, 0.717) is 16.7 Å². The third-order valence-electron chi connectivity index (χ3n) is 5.20. The van der Waals surface area contributed by atoms with E-state index in [4.69, 9.17) is 28.9 Å². The topological polar surface area (TPSA) is 65.4 Å². The Morgan fingerprint density at radius 2 is 2.04 bits per heavy atom. The number of imidazole rings is 1. The number of hydrogen-bond acceptors (Lipinski definition) is 6. The van der Waals surface area contributed by atoms with Crippen molar-refractivity contribution in [3.05, 3.63) is 52.3 Å². The Morgan fingerprint density at radius 1 is 1.22 bits per heavy atom. The predicted octanol–water partition coefficient (Wildman–Crippen LogP) is 3.00. The van der Waals surface area contributed by atoms with Crippen molar-refractivity contribution in [2.75, 3.05) is 18.0 Å². The Bertz CT molecular complexity index is 987. The van der Waals surface area contributed by atoms with Gasteiger partial charge in [-0.2, -0.15) is 5.01 Å². The Labute approximate surface area is 166 Å². The lowest BCUT2D eigenvalue weighted by Gasteiger charge is -2.33. The van der Waals surface area contributed by atoms with E-state index in [-0.39, 0.29) is 6.17 Å². The second kappa shape index (κ2) is 6.53. The molecule has 0 bridgehead atoms. The summed E-state index contributed by atoms with van der Waals surface area (Å²) in [5.74, 6) is 1.92. The molecule has 0 aromatic carbocycles. The van der Waals surface area contributed by atoms with Gasteiger partial charge in [0.1, 0.15) is 23.5 Å². The zero-order chi connectivity index (χ0) is 18.5. The molecule has 3 aliphatic heterocycles. The summed E-state index contributed by atoms with van der Waals surface area (Å²) in [5.41, 5.74) is 8.18. The summed E-state index contributed by atoms with van der Waals surface area (Å²) in [6.45, 7) is 2.60. The predicted molar refractivity (Wildman–Crippen MR) is 108 cm³/mol. The number of aliphatic imine (C=N–C) groups is 1. The van der Waals surface area contributed by atoms with Crippen LogP contribution in [0.15, 0.2) is 41.6 Å². The molecule has 2 N–H and O–H groups in total. The number of rotatable bonds is 3. The van der Waals surface area contributed by atoms with Crippen molar-refractivity contribution >= 4 is 40.8 Å². The van der Waals surface area contributed by atoms with Gasteiger partial charge in [0.15, 0.2) is 5.15 Å². The molecule has 1 fully saturated rings. The molecular formula is C18H19Cl2N7. The maximum atomic E-state index is 6.57. The van der Waals surface area contributed by atoms with Crippen LogP contribution in [0, 0.1) is 0 Å². The summed E-state index contributed by atoms with van der Waals surface area (Å²) in [6, 6.07) is 1.99. The molecule has 27 heavy (non-hydrogen) atoms. The van der Waals surface area contributed by atoms with Crippen LogP contribution in [-0.2, 0) is 6.54 Å². The van der Waals surface area contributed by atoms with Gasteiger partial charge in [0.25, 0.3) is 0 Å². The van der Waals surface area contributed by atoms with Crippen molar-refractivity contribution in [1.29, 1.82) is 0 Å². The molecule has 0 radical (unpaired) electrons. The van der Waals surface area contributed by atoms with E-state index in [1.807, 2.05) is 33.8 Å². The number of nitrogens with two attached hydrogens (primary N) is 1. The largest absolute Gasteiger partial charge is 0.357 e. The molecule has 5 rings (SSSR count). The maximum Gasteiger partial charge on any atom is 0.156 e. The zero-order valence-corrected chi connectivity index (χ0v) is 16.1. The standard InChI is InChI=1S/C18H19Cl2N7/c19-13-8-12(10-27-14(21)9-15-22-4-3-7-26(15)27)18(24-5-1-2-6-24)25-11-23-17(20)16(13)25/h3-4,7-9,11,14H,1-2,5-6,10,21H2. The molecule has 1 unspecified atom stereocenters. The molecule has 0 saturated carbocycles. The molecule has 0 aliphatic carbocycles. The minimum Gasteiger partial charge on any atom is -0.357 e. The smallest absolute Gasteiger partial charge is 0.156 e. The highest BCUT2D eigenvalue weighted by molar-refractivity contribution is 6.39. The minimum absolute atomic E-state index is 0.257. The second-order valence-corrected chi connectivity index (χ2v) is 7.63. The lowest BCUT2D eigenvalue weighted by atomic mass is 10.2. The molecule has 0 spiro atoms. The van der Waals surface area contributed by atoms with Gasteiger partial charge in [0.05, 0.1) is 11.2 Å². The Kier molecular flexibility index (Phi) is 4.12. The maximum absolute atomic E-state index is 6.57. The fraction of sp³-hybridized carbons (Fsp3) is 0.333. The van der Waals surface area contributed by atoms with Crippen molar-refractivity contribution in [2.24, 2.45) is 10.7 Å². The van der Waals surface area contributed by atoms with E-state index in [9.17, 15) is 0 Å². The fourth-order valence-corrected chi connectivity index (χ4v) is 4.59. The Morgan fingerprint density at radius 3 is 2.85 bits per heavy atom. The quantitative estimate of drug-likeness (QED) is 0.852. The van der Waals surface area contributed by atoms with Gasteiger partial charge in [-0.3, -0.25) is 9.41 Å². The summed E-state index contributed by atoms with van der Waals surface area (Å²) in [6.07, 6.45) is 11.4. The summed E-state index contributed by atoms with van der Waals surface area (Å²) in [4.78, 5) is 11.0. The minimum atomic E-state index is -0.257. The fourth-order valence-electron chi connectivity index (χ4n) is 3.99. The first-order valence-corrected chi connectivity index (χ1v) is 9.72. The van der Waals surface area contributed by atoms with E-state index in [2.05, 4.69) is 19.9 Å². The molecule has 9 heteroatoms. The van der Waals surface area contributed by atoms with Crippen molar-refractivity contribution < 1.29 is 0 Å². The lowest BCUT2D eigenvalue weighted by Crippen LogP contribution is -2.44. The highest BCUT2D eigenvalue weighted by atomic mass is 35.5. The van der Waals surface area contributed by atoms with Crippen LogP contribution in [0.25, 0.3) is 5.52 Å². The van der Waals surface area contributed by atoms with Crippen LogP contribution in [0.4, 0.5) is 5.82 Å². The first-order valence-electron chi connectivity index (χ1n) is 8.96. The van der Waals surface area contributed by atoms with Crippen LogP contribution >= 0.6 is 23.2 Å². The van der Waals surface area contributed by atoms with Crippen LogP contribution in [0.2, 0.25) is 10.2 Å². The van der Waals surface area contributed by atoms with Gasteiger partial charge in [-0.15, -0.1) is 0 Å². The van der Waals surface area contributed by atoms with Gasteiger partial charge in [-0.05, 0) is 31.1 Å². The molecule has 5 heterocycles. The normalized spacial score (nSPS) is 22.2. The van der Waals surface area contributed by atoms with E-state index in [0.717, 1.165) is 35.8 Å². The number of anilines is 1. The van der Waals surface area contributed by atoms with E-state index in [1.54, 1.807) is 12.5 Å². The molecule has 2 aromatic rings. The highest BCUT2D eigenvalue weighted by Crippen LogP contribution is 2.36. The van der Waals surface area contributed by atoms with Crippen molar-refractivity contribution in [3.63, 3.8) is 0 Å². The first kappa shape index (κ1) is 17.1. The third-order valence-corrected chi connectivity index (χ3v) is 5.76. The average Bonchev–Trinajstić information content (AvgIpc) is 3.37. The summed E-state index contributed by atoms with van der Waals surface area (Å²) in [5, 5.41) is 5.06. The van der Waals surface area contributed by atoms with Gasteiger partial charge in [0, 0.05) is 37.6 Å². The SMILES string of the molecule is NC1C=C2N=CC=CN2N1Cc1cc(Cl)c2c(Cl)ncn2c1N1CCCC1. The summed E-state index contributed by atoms with van der Waals surface area (Å²) >= 11 is 12.9. The number of nitrogens with zero attached hydrogens (tertiary/aromatic N) is 6. The van der Waals surface area contributed by atoms with Crippen LogP contribution in [0.1, 0.15) is 18.4 Å². The van der Waals surface area contributed by atoms with E-state index >= 15 is 0 Å². The number of fused-ring (bicyclic) bond motifs is 2. The molecule has 3 aliphatic rings. The number of hydrazine groups is 1. The highest BCUT2D eigenvalue weighted by Gasteiger charge is 2.31. The number of allylic oxidation sites excluding steroid dienone is 1. The summed E-state index contributed by atoms with van der Waals surface area (Å²) < 4.78 is 2.01. The van der Waals surface area contributed by atoms with Crippen molar-refractivity contribution in [1.82, 2.24) is 19.4 Å². The van der Waals surface area contributed by atoms with E-state index < -0.39 is 0 Å². The molecule has 1 atom stereocenters. The molecule has 0 amide bonds. The van der Waals surface area contributed by atoms with Gasteiger partial charge in [-0.1, -0.05) is 23.2 Å². The molecule has 7 nitrogen and oxygen atoms in total. The first-order chi connectivity index (χ1) is 13.1. The Hall–Kier alpha value is -2.06. The molecule has 140 valence electrons. The monoisotopic (exact) mass is 403 g/mol. The zero-order valence-electron chi connectivity index (χ0n) is 14.6. The van der Waals surface area contributed by atoms with Crippen molar-refractivity contribution in [3.8, 4) is 0 Å². The van der Waals surface area contributed by atoms with E-state index in [1.165, 1.54) is 12.8 Å².